The van der Waals surface area contributed by atoms with E-state index in [-0.39, 0.29) is 34.2 Å². The molecular formula is C29H31FN4O4S. The van der Waals surface area contributed by atoms with Crippen LogP contribution in [0, 0.1) is 11.7 Å². The normalized spacial score (nSPS) is 20.9. The van der Waals surface area contributed by atoms with Crippen molar-refractivity contribution in [3.05, 3.63) is 88.1 Å². The second kappa shape index (κ2) is 10.1. The summed E-state index contributed by atoms with van der Waals surface area (Å²) in [6.07, 6.45) is 5.00. The lowest BCUT2D eigenvalue weighted by Crippen LogP contribution is -2.47. The minimum absolute atomic E-state index is 0.000949. The molecule has 2 atom stereocenters. The first-order chi connectivity index (χ1) is 18.8. The maximum Gasteiger partial charge on any atom is 0.261 e. The number of nitrogens with zero attached hydrogens (tertiary/aromatic N) is 2. The van der Waals surface area contributed by atoms with Gasteiger partial charge in [-0.1, -0.05) is 18.9 Å². The Balaban J connectivity index is 1.34. The Morgan fingerprint density at radius 3 is 2.49 bits per heavy atom. The van der Waals surface area contributed by atoms with Gasteiger partial charge in [-0.15, -0.1) is 0 Å². The molecule has 39 heavy (non-hydrogen) atoms. The van der Waals surface area contributed by atoms with Gasteiger partial charge in [-0.3, -0.25) is 14.3 Å². The summed E-state index contributed by atoms with van der Waals surface area (Å²) in [5.74, 6) is -0.416. The number of nitrogens with one attached hydrogen (secondary N) is 2. The van der Waals surface area contributed by atoms with Crippen molar-refractivity contribution in [1.82, 2.24) is 9.88 Å². The number of aromatic nitrogens is 1. The molecule has 2 aromatic carbocycles. The van der Waals surface area contributed by atoms with E-state index in [1.54, 1.807) is 30.3 Å². The fourth-order valence-electron chi connectivity index (χ4n) is 6.28. The first-order valence-corrected chi connectivity index (χ1v) is 14.9. The van der Waals surface area contributed by atoms with Crippen molar-refractivity contribution in [3.8, 4) is 0 Å². The number of benzene rings is 2. The summed E-state index contributed by atoms with van der Waals surface area (Å²) in [5, 5.41) is 3.07. The summed E-state index contributed by atoms with van der Waals surface area (Å²) in [6.45, 7) is 1.87. The number of hydrogen-bond donors (Lipinski definition) is 2. The lowest BCUT2D eigenvalue weighted by molar-refractivity contribution is 0.0938. The predicted octanol–water partition coefficient (Wildman–Crippen LogP) is 4.08. The zero-order valence-corrected chi connectivity index (χ0v) is 22.3. The number of halogens is 1. The molecule has 3 aromatic rings. The van der Waals surface area contributed by atoms with E-state index in [0.29, 0.717) is 36.6 Å². The Kier molecular flexibility index (Phi) is 6.66. The van der Waals surface area contributed by atoms with Crippen LogP contribution in [0.1, 0.15) is 54.1 Å². The number of rotatable bonds is 6. The second-order valence-electron chi connectivity index (χ2n) is 10.8. The first-order valence-electron chi connectivity index (χ1n) is 13.4. The van der Waals surface area contributed by atoms with Gasteiger partial charge in [-0.05, 0) is 73.7 Å². The predicted molar refractivity (Wildman–Crippen MR) is 147 cm³/mol. The quantitative estimate of drug-likeness (QED) is 0.482. The van der Waals surface area contributed by atoms with E-state index in [0.717, 1.165) is 49.9 Å². The number of piperidine rings is 1. The molecule has 2 N–H and O–H groups in total. The van der Waals surface area contributed by atoms with Gasteiger partial charge in [0.05, 0.1) is 16.3 Å². The summed E-state index contributed by atoms with van der Waals surface area (Å²) in [7, 11) is -4.05. The molecule has 2 aliphatic heterocycles. The number of anilines is 2. The number of hydrogen-bond acceptors (Lipinski definition) is 5. The van der Waals surface area contributed by atoms with Gasteiger partial charge in [0.15, 0.2) is 0 Å². The van der Waals surface area contributed by atoms with E-state index < -0.39 is 15.8 Å². The van der Waals surface area contributed by atoms with Gasteiger partial charge in [0.1, 0.15) is 5.82 Å². The summed E-state index contributed by atoms with van der Waals surface area (Å²) < 4.78 is 44.6. The van der Waals surface area contributed by atoms with E-state index in [4.69, 9.17) is 0 Å². The lowest BCUT2D eigenvalue weighted by Gasteiger charge is -2.44. The molecule has 0 spiro atoms. The van der Waals surface area contributed by atoms with Gasteiger partial charge >= 0.3 is 0 Å². The van der Waals surface area contributed by atoms with Gasteiger partial charge in [0, 0.05) is 48.9 Å². The van der Waals surface area contributed by atoms with E-state index in [2.05, 4.69) is 14.9 Å². The number of sulfonamides is 1. The average molecular weight is 551 g/mol. The maximum atomic E-state index is 13.5. The topological polar surface area (TPSA) is 101 Å². The van der Waals surface area contributed by atoms with E-state index in [1.807, 2.05) is 10.6 Å². The highest BCUT2D eigenvalue weighted by Gasteiger charge is 2.35. The van der Waals surface area contributed by atoms with E-state index >= 15 is 0 Å². The summed E-state index contributed by atoms with van der Waals surface area (Å²) in [4.78, 5) is 27.6. The third-order valence-electron chi connectivity index (χ3n) is 8.14. The molecule has 10 heteroatoms. The zero-order valence-electron chi connectivity index (χ0n) is 21.5. The fraction of sp³-hybridized carbons (Fsp3) is 0.379. The van der Waals surface area contributed by atoms with Gasteiger partial charge < -0.3 is 14.8 Å². The minimum atomic E-state index is -4.05. The number of carbonyl (C=O) groups is 1. The summed E-state index contributed by atoms with van der Waals surface area (Å²) in [6, 6.07) is 15.2. The maximum absolute atomic E-state index is 13.5. The highest BCUT2D eigenvalue weighted by Crippen LogP contribution is 2.40. The molecule has 1 amide bonds. The van der Waals surface area contributed by atoms with Crippen LogP contribution in [0.5, 0.6) is 0 Å². The van der Waals surface area contributed by atoms with Crippen molar-refractivity contribution in [1.29, 1.82) is 0 Å². The van der Waals surface area contributed by atoms with E-state index in [1.165, 1.54) is 12.1 Å². The van der Waals surface area contributed by atoms with Gasteiger partial charge in [-0.25, -0.2) is 12.8 Å². The number of pyridine rings is 1. The largest absolute Gasteiger partial charge is 0.369 e. The number of fused-ring (bicyclic) bond motifs is 4. The van der Waals surface area contributed by atoms with Crippen LogP contribution in [0.15, 0.2) is 70.4 Å². The SMILES string of the molecule is O=C(NC1CCCC1)c1ccc(N2C[C@H]3C[C@@H](C2)c2cccc(=O)n2C3)c(NS(=O)(=O)c2ccc(F)cc2)c1. The molecule has 204 valence electrons. The number of carbonyl (C=O) groups excluding carboxylic acids is 1. The molecule has 0 unspecified atom stereocenters. The molecule has 2 bridgehead atoms. The Hall–Kier alpha value is -3.66. The van der Waals surface area contributed by atoms with Crippen molar-refractivity contribution >= 4 is 27.3 Å². The zero-order chi connectivity index (χ0) is 27.1. The third kappa shape index (κ3) is 5.17. The fourth-order valence-corrected chi connectivity index (χ4v) is 7.35. The standard InChI is InChI=1S/C29H31FN4O4S/c30-22-9-11-24(12-10-22)39(37,38)32-25-15-20(29(36)31-23-4-1-2-5-23)8-13-27(25)33-16-19-14-21(18-33)26-6-3-7-28(35)34(26)17-19/h3,6-13,15,19,21,23,32H,1-2,4-5,14,16-18H2,(H,31,36)/t19-,21+/m1/s1. The minimum Gasteiger partial charge on any atom is -0.369 e. The van der Waals surface area contributed by atoms with Crippen molar-refractivity contribution in [3.63, 3.8) is 0 Å². The van der Waals surface area contributed by atoms with Gasteiger partial charge in [0.25, 0.3) is 21.5 Å². The lowest BCUT2D eigenvalue weighted by atomic mass is 9.83. The van der Waals surface area contributed by atoms with Crippen LogP contribution < -0.4 is 20.5 Å². The smallest absolute Gasteiger partial charge is 0.261 e. The number of amides is 1. The molecule has 0 radical (unpaired) electrons. The molecule has 6 rings (SSSR count). The molecule has 1 aromatic heterocycles. The molecule has 3 aliphatic rings. The van der Waals surface area contributed by atoms with Gasteiger partial charge in [0.2, 0.25) is 0 Å². The summed E-state index contributed by atoms with van der Waals surface area (Å²) in [5.41, 5.74) is 2.32. The van der Waals surface area contributed by atoms with Crippen molar-refractivity contribution in [2.45, 2.75) is 55.5 Å². The van der Waals surface area contributed by atoms with Crippen LogP contribution in [-0.2, 0) is 16.6 Å². The summed E-state index contributed by atoms with van der Waals surface area (Å²) >= 11 is 0. The van der Waals surface area contributed by atoms with Crippen molar-refractivity contribution in [2.24, 2.45) is 5.92 Å². The van der Waals surface area contributed by atoms with Crippen molar-refractivity contribution < 1.29 is 17.6 Å². The Bertz CT molecular complexity index is 1560. The highest BCUT2D eigenvalue weighted by atomic mass is 32.2. The average Bonchev–Trinajstić information content (AvgIpc) is 3.42. The van der Waals surface area contributed by atoms with Crippen LogP contribution in [0.3, 0.4) is 0 Å². The van der Waals surface area contributed by atoms with Crippen molar-refractivity contribution in [2.75, 3.05) is 22.7 Å². The van der Waals surface area contributed by atoms with Gasteiger partial charge in [-0.2, -0.15) is 0 Å². The van der Waals surface area contributed by atoms with Crippen LogP contribution in [0.2, 0.25) is 0 Å². The molecule has 3 heterocycles. The molecule has 1 saturated carbocycles. The van der Waals surface area contributed by atoms with Crippen LogP contribution in [0.4, 0.5) is 15.8 Å². The van der Waals surface area contributed by atoms with Crippen LogP contribution in [0.25, 0.3) is 0 Å². The monoisotopic (exact) mass is 550 g/mol. The molecule has 1 aliphatic carbocycles. The Morgan fingerprint density at radius 2 is 1.72 bits per heavy atom. The van der Waals surface area contributed by atoms with Crippen LogP contribution in [-0.4, -0.2) is 38.0 Å². The molecule has 2 fully saturated rings. The third-order valence-corrected chi connectivity index (χ3v) is 9.52. The Labute approximate surface area is 226 Å². The molecule has 8 nitrogen and oxygen atoms in total. The second-order valence-corrected chi connectivity index (χ2v) is 12.5. The Morgan fingerprint density at radius 1 is 0.949 bits per heavy atom. The van der Waals surface area contributed by atoms with Crippen LogP contribution >= 0.6 is 0 Å². The molecule has 1 saturated heterocycles. The highest BCUT2D eigenvalue weighted by molar-refractivity contribution is 7.92. The molecular weight excluding hydrogens is 519 g/mol. The van der Waals surface area contributed by atoms with E-state index in [9.17, 15) is 22.4 Å². The first kappa shape index (κ1) is 25.6.